The molecule has 0 bridgehead atoms. The van der Waals surface area contributed by atoms with Crippen molar-refractivity contribution in [2.24, 2.45) is 0 Å². The first-order chi connectivity index (χ1) is 14.0. The predicted octanol–water partition coefficient (Wildman–Crippen LogP) is 3.97. The molecular formula is C22H29ClN2O4. The summed E-state index contributed by atoms with van der Waals surface area (Å²) in [7, 11) is 1.60. The van der Waals surface area contributed by atoms with Gasteiger partial charge in [-0.05, 0) is 56.5 Å². The molecule has 0 radical (unpaired) electrons. The van der Waals surface area contributed by atoms with Crippen LogP contribution in [0.2, 0.25) is 5.02 Å². The quantitative estimate of drug-likeness (QED) is 0.654. The Morgan fingerprint density at radius 2 is 2.03 bits per heavy atom. The zero-order valence-corrected chi connectivity index (χ0v) is 18.1. The van der Waals surface area contributed by atoms with Crippen LogP contribution in [0.4, 0.5) is 0 Å². The van der Waals surface area contributed by atoms with Crippen molar-refractivity contribution in [1.29, 1.82) is 0 Å². The third-order valence-corrected chi connectivity index (χ3v) is 5.51. The van der Waals surface area contributed by atoms with Gasteiger partial charge in [0.2, 0.25) is 0 Å². The lowest BCUT2D eigenvalue weighted by atomic mass is 10.1. The van der Waals surface area contributed by atoms with E-state index in [1.54, 1.807) is 25.3 Å². The number of methoxy groups -OCH3 is 1. The van der Waals surface area contributed by atoms with Crippen molar-refractivity contribution < 1.29 is 18.7 Å². The number of halogens is 1. The minimum Gasteiger partial charge on any atom is -0.489 e. The molecule has 1 saturated heterocycles. The molecule has 1 fully saturated rings. The largest absolute Gasteiger partial charge is 0.489 e. The van der Waals surface area contributed by atoms with Gasteiger partial charge in [0, 0.05) is 32.3 Å². The Morgan fingerprint density at radius 1 is 1.28 bits per heavy atom. The number of carbonyl (C=O) groups excluding carboxylic acids is 1. The normalized spacial score (nSPS) is 15.4. The van der Waals surface area contributed by atoms with Gasteiger partial charge in [-0.2, -0.15) is 0 Å². The van der Waals surface area contributed by atoms with Crippen LogP contribution in [0.1, 0.15) is 40.3 Å². The molecular weight excluding hydrogens is 392 g/mol. The molecule has 158 valence electrons. The monoisotopic (exact) mass is 420 g/mol. The van der Waals surface area contributed by atoms with Gasteiger partial charge >= 0.3 is 0 Å². The molecule has 1 aromatic heterocycles. The van der Waals surface area contributed by atoms with E-state index in [1.165, 1.54) is 5.56 Å². The van der Waals surface area contributed by atoms with Gasteiger partial charge in [0.25, 0.3) is 5.91 Å². The van der Waals surface area contributed by atoms with E-state index < -0.39 is 0 Å². The highest BCUT2D eigenvalue weighted by atomic mass is 35.5. The van der Waals surface area contributed by atoms with E-state index in [1.807, 2.05) is 6.92 Å². The summed E-state index contributed by atoms with van der Waals surface area (Å²) in [5.74, 6) is 2.45. The molecule has 0 spiro atoms. The van der Waals surface area contributed by atoms with Gasteiger partial charge in [-0.3, -0.25) is 9.69 Å². The average molecular weight is 421 g/mol. The molecule has 6 nitrogen and oxygen atoms in total. The molecule has 0 aliphatic carbocycles. The van der Waals surface area contributed by atoms with Crippen LogP contribution in [0.25, 0.3) is 0 Å². The Balaban J connectivity index is 1.49. The van der Waals surface area contributed by atoms with E-state index in [2.05, 4.69) is 23.2 Å². The van der Waals surface area contributed by atoms with Crippen LogP contribution >= 0.6 is 11.6 Å². The molecule has 7 heteroatoms. The smallest absolute Gasteiger partial charge is 0.251 e. The summed E-state index contributed by atoms with van der Waals surface area (Å²) in [6.07, 6.45) is 1.97. The topological polar surface area (TPSA) is 63.9 Å². The van der Waals surface area contributed by atoms with Crippen LogP contribution in [0.15, 0.2) is 28.7 Å². The summed E-state index contributed by atoms with van der Waals surface area (Å²) in [4.78, 5) is 14.5. The van der Waals surface area contributed by atoms with E-state index in [-0.39, 0.29) is 12.0 Å². The number of carbonyl (C=O) groups is 1. The molecule has 1 aromatic carbocycles. The third-order valence-electron chi connectivity index (χ3n) is 5.21. The van der Waals surface area contributed by atoms with Crippen LogP contribution in [0.5, 0.6) is 5.75 Å². The maximum absolute atomic E-state index is 12.1. The zero-order valence-electron chi connectivity index (χ0n) is 17.3. The second-order valence-corrected chi connectivity index (χ2v) is 7.85. The van der Waals surface area contributed by atoms with Crippen molar-refractivity contribution in [2.75, 3.05) is 33.4 Å². The van der Waals surface area contributed by atoms with Crippen LogP contribution in [-0.2, 0) is 11.3 Å². The van der Waals surface area contributed by atoms with Gasteiger partial charge in [-0.1, -0.05) is 11.6 Å². The maximum Gasteiger partial charge on any atom is 0.251 e. The van der Waals surface area contributed by atoms with Gasteiger partial charge in [0.05, 0.1) is 18.2 Å². The van der Waals surface area contributed by atoms with Crippen molar-refractivity contribution in [3.63, 3.8) is 0 Å². The molecule has 2 heterocycles. The number of benzene rings is 1. The highest BCUT2D eigenvalue weighted by Crippen LogP contribution is 2.29. The van der Waals surface area contributed by atoms with Crippen molar-refractivity contribution in [2.45, 2.75) is 39.3 Å². The van der Waals surface area contributed by atoms with E-state index >= 15 is 0 Å². The minimum absolute atomic E-state index is 0.116. The Labute approximate surface area is 177 Å². The van der Waals surface area contributed by atoms with Crippen molar-refractivity contribution >= 4 is 17.5 Å². The highest BCUT2D eigenvalue weighted by molar-refractivity contribution is 6.32. The van der Waals surface area contributed by atoms with Crippen LogP contribution < -0.4 is 10.1 Å². The highest BCUT2D eigenvalue weighted by Gasteiger charge is 2.22. The Hall–Kier alpha value is -2.02. The number of hydrogen-bond donors (Lipinski definition) is 1. The van der Waals surface area contributed by atoms with E-state index in [0.717, 1.165) is 44.0 Å². The summed E-state index contributed by atoms with van der Waals surface area (Å²) < 4.78 is 16.8. The summed E-state index contributed by atoms with van der Waals surface area (Å²) in [5.41, 5.74) is 1.71. The Bertz CT molecular complexity index is 809. The number of rotatable bonds is 8. The minimum atomic E-state index is -0.174. The number of amides is 1. The summed E-state index contributed by atoms with van der Waals surface area (Å²) in [6, 6.07) is 7.27. The number of piperidine rings is 1. The Kier molecular flexibility index (Phi) is 7.58. The van der Waals surface area contributed by atoms with Gasteiger partial charge in [-0.15, -0.1) is 0 Å². The van der Waals surface area contributed by atoms with Crippen molar-refractivity contribution in [3.8, 4) is 5.75 Å². The molecule has 29 heavy (non-hydrogen) atoms. The molecule has 0 atom stereocenters. The lowest BCUT2D eigenvalue weighted by Gasteiger charge is -2.31. The number of hydrogen-bond acceptors (Lipinski definition) is 5. The van der Waals surface area contributed by atoms with E-state index in [4.69, 9.17) is 25.5 Å². The number of likely N-dealkylation sites (tertiary alicyclic amines) is 1. The number of aryl methyl sites for hydroxylation is 2. The number of furan rings is 1. The molecule has 2 aromatic rings. The van der Waals surface area contributed by atoms with Crippen LogP contribution in [0, 0.1) is 13.8 Å². The number of nitrogens with zero attached hydrogens (tertiary/aromatic N) is 1. The molecule has 3 rings (SSSR count). The fourth-order valence-electron chi connectivity index (χ4n) is 3.42. The lowest BCUT2D eigenvalue weighted by Crippen LogP contribution is -2.37. The number of nitrogens with one attached hydrogen (secondary N) is 1. The van der Waals surface area contributed by atoms with Gasteiger partial charge < -0.3 is 19.2 Å². The second-order valence-electron chi connectivity index (χ2n) is 7.44. The molecule has 1 aliphatic heterocycles. The summed E-state index contributed by atoms with van der Waals surface area (Å²) in [6.45, 7) is 7.72. The molecule has 1 N–H and O–H groups in total. The standard InChI is InChI=1S/C22H29ClN2O4/c1-15-12-19(28-16(15)2)14-25-9-6-18(7-10-25)29-21-5-4-17(13-20(21)23)22(26)24-8-11-27-3/h4-5,12-13,18H,6-11,14H2,1-3H3,(H,24,26). The fourth-order valence-corrected chi connectivity index (χ4v) is 3.64. The second kappa shape index (κ2) is 10.1. The lowest BCUT2D eigenvalue weighted by molar-refractivity contribution is 0.0923. The zero-order chi connectivity index (χ0) is 20.8. The maximum atomic E-state index is 12.1. The van der Waals surface area contributed by atoms with Gasteiger partial charge in [-0.25, -0.2) is 0 Å². The van der Waals surface area contributed by atoms with Gasteiger partial charge in [0.15, 0.2) is 0 Å². The molecule has 1 amide bonds. The average Bonchev–Trinajstić information content (AvgIpc) is 3.02. The van der Waals surface area contributed by atoms with E-state index in [9.17, 15) is 4.79 Å². The third kappa shape index (κ3) is 5.98. The summed E-state index contributed by atoms with van der Waals surface area (Å²) >= 11 is 6.35. The predicted molar refractivity (Wildman–Crippen MR) is 113 cm³/mol. The van der Waals surface area contributed by atoms with Crippen molar-refractivity contribution in [3.05, 3.63) is 51.9 Å². The van der Waals surface area contributed by atoms with Gasteiger partial charge in [0.1, 0.15) is 23.4 Å². The first-order valence-corrected chi connectivity index (χ1v) is 10.4. The van der Waals surface area contributed by atoms with E-state index in [0.29, 0.717) is 29.5 Å². The first kappa shape index (κ1) is 21.7. The molecule has 0 unspecified atom stereocenters. The Morgan fingerprint density at radius 3 is 2.66 bits per heavy atom. The van der Waals surface area contributed by atoms with Crippen LogP contribution in [-0.4, -0.2) is 50.3 Å². The summed E-state index contributed by atoms with van der Waals surface area (Å²) in [5, 5.41) is 3.23. The number of ether oxygens (including phenoxy) is 2. The first-order valence-electron chi connectivity index (χ1n) is 9.98. The van der Waals surface area contributed by atoms with Crippen molar-refractivity contribution in [1.82, 2.24) is 10.2 Å². The molecule has 1 aliphatic rings. The van der Waals surface area contributed by atoms with Crippen LogP contribution in [0.3, 0.4) is 0 Å². The fraction of sp³-hybridized carbons (Fsp3) is 0.500. The molecule has 0 saturated carbocycles. The SMILES string of the molecule is COCCNC(=O)c1ccc(OC2CCN(Cc3cc(C)c(C)o3)CC2)c(Cl)c1.